The normalized spacial score (nSPS) is 25.7. The standard InChI is InChI=1S/C43H50F4N8/c44-29-22-37-35(50-42(52-37)33-8-4-14-48-33)20-27(29)39-10-11-40(28-21-36-38(23-30(28)45)53-43(51-36)34-9-5-15-49-34)55(39)26-18-31(46)41(32(47)19-26)54-16-12-25(13-17-54)24-6-2-1-3-7-24/h18-25,33-34,39-40,48-49H,1-17H2,(H,50,52)(H,51,53)/t33-,34-,39+,40?/m0/s1. The van der Waals surface area contributed by atoms with E-state index in [-0.39, 0.29) is 23.5 Å². The van der Waals surface area contributed by atoms with Gasteiger partial charge in [-0.15, -0.1) is 0 Å². The van der Waals surface area contributed by atoms with Crippen molar-refractivity contribution in [2.75, 3.05) is 36.0 Å². The summed E-state index contributed by atoms with van der Waals surface area (Å²) in [6.45, 7) is 3.05. The Balaban J connectivity index is 1.01. The minimum absolute atomic E-state index is 0.00522. The van der Waals surface area contributed by atoms with Crippen molar-refractivity contribution in [2.45, 2.75) is 108 Å². The van der Waals surface area contributed by atoms with Crippen molar-refractivity contribution in [1.82, 2.24) is 30.6 Å². The van der Waals surface area contributed by atoms with E-state index >= 15 is 17.6 Å². The monoisotopic (exact) mass is 754 g/mol. The summed E-state index contributed by atoms with van der Waals surface area (Å²) >= 11 is 0. The maximum Gasteiger partial charge on any atom is 0.151 e. The maximum absolute atomic E-state index is 16.4. The number of nitrogens with one attached hydrogen (secondary N) is 4. The minimum atomic E-state index is -0.646. The fourth-order valence-electron chi connectivity index (χ4n) is 10.8. The smallest absolute Gasteiger partial charge is 0.151 e. The molecule has 1 unspecified atom stereocenters. The van der Waals surface area contributed by atoms with Crippen LogP contribution in [0, 0.1) is 35.1 Å². The van der Waals surface area contributed by atoms with Gasteiger partial charge in [0.05, 0.1) is 46.2 Å². The van der Waals surface area contributed by atoms with Gasteiger partial charge in [-0.2, -0.15) is 0 Å². The van der Waals surface area contributed by atoms with Crippen LogP contribution in [0.25, 0.3) is 22.1 Å². The molecule has 12 heteroatoms. The molecular formula is C43H50F4N8. The predicted octanol–water partition coefficient (Wildman–Crippen LogP) is 9.72. The van der Waals surface area contributed by atoms with Gasteiger partial charge in [-0.05, 0) is 101 Å². The highest BCUT2D eigenvalue weighted by Gasteiger charge is 2.40. The number of piperidine rings is 1. The van der Waals surface area contributed by atoms with E-state index in [4.69, 9.17) is 9.97 Å². The van der Waals surface area contributed by atoms with Crippen LogP contribution in [0.4, 0.5) is 28.9 Å². The van der Waals surface area contributed by atoms with Crippen molar-refractivity contribution in [3.63, 3.8) is 0 Å². The third-order valence-corrected chi connectivity index (χ3v) is 13.6. The number of fused-ring (bicyclic) bond motifs is 2. The second-order valence-corrected chi connectivity index (χ2v) is 16.8. The van der Waals surface area contributed by atoms with Crippen LogP contribution in [0.2, 0.25) is 0 Å². The van der Waals surface area contributed by atoms with Crippen LogP contribution >= 0.6 is 0 Å². The molecule has 5 fully saturated rings. The first kappa shape index (κ1) is 35.3. The quantitative estimate of drug-likeness (QED) is 0.124. The Bertz CT molecular complexity index is 2060. The van der Waals surface area contributed by atoms with Gasteiger partial charge >= 0.3 is 0 Å². The number of nitrogens with zero attached hydrogens (tertiary/aromatic N) is 4. The van der Waals surface area contributed by atoms with Crippen LogP contribution < -0.4 is 20.4 Å². The molecule has 5 aliphatic rings. The number of H-pyrrole nitrogens is 2. The molecule has 0 amide bonds. The van der Waals surface area contributed by atoms with Crippen LogP contribution in [0.15, 0.2) is 36.4 Å². The lowest BCUT2D eigenvalue weighted by atomic mass is 9.76. The molecule has 5 aromatic rings. The van der Waals surface area contributed by atoms with Gasteiger partial charge in [-0.3, -0.25) is 0 Å². The first-order valence-electron chi connectivity index (χ1n) is 20.7. The zero-order chi connectivity index (χ0) is 37.2. The Labute approximate surface area is 318 Å². The molecular weight excluding hydrogens is 705 g/mol. The molecule has 4 aliphatic heterocycles. The van der Waals surface area contributed by atoms with E-state index < -0.39 is 35.4 Å². The third kappa shape index (κ3) is 6.46. The molecule has 4 atom stereocenters. The fourth-order valence-corrected chi connectivity index (χ4v) is 10.8. The predicted molar refractivity (Wildman–Crippen MR) is 207 cm³/mol. The van der Waals surface area contributed by atoms with Crippen LogP contribution in [-0.2, 0) is 0 Å². The Morgan fingerprint density at radius 1 is 0.527 bits per heavy atom. The highest BCUT2D eigenvalue weighted by atomic mass is 19.1. The zero-order valence-corrected chi connectivity index (χ0v) is 31.2. The van der Waals surface area contributed by atoms with E-state index in [0.717, 1.165) is 69.2 Å². The van der Waals surface area contributed by atoms with E-state index in [2.05, 4.69) is 20.6 Å². The number of rotatable bonds is 7. The van der Waals surface area contributed by atoms with Crippen molar-refractivity contribution in [1.29, 1.82) is 0 Å². The molecule has 1 aliphatic carbocycles. The van der Waals surface area contributed by atoms with E-state index in [0.29, 0.717) is 65.0 Å². The highest BCUT2D eigenvalue weighted by molar-refractivity contribution is 5.78. The van der Waals surface area contributed by atoms with Crippen molar-refractivity contribution < 1.29 is 17.6 Å². The third-order valence-electron chi connectivity index (χ3n) is 13.6. The SMILES string of the molecule is Fc1cc2nc([C@@H]3CCCN3)[nH]c2cc1C1CC[C@H](c2cc3[nH]c([C@@H]4CCCN4)nc3cc2F)N1c1cc(F)c(N2CCC(C3CCCCC3)CC2)c(F)c1. The van der Waals surface area contributed by atoms with Gasteiger partial charge in [-0.1, -0.05) is 32.1 Å². The number of hydrogen-bond acceptors (Lipinski definition) is 6. The Morgan fingerprint density at radius 2 is 1.04 bits per heavy atom. The number of halogens is 4. The van der Waals surface area contributed by atoms with E-state index in [1.807, 2.05) is 9.80 Å². The van der Waals surface area contributed by atoms with Gasteiger partial charge in [-0.25, -0.2) is 27.5 Å². The van der Waals surface area contributed by atoms with E-state index in [1.54, 1.807) is 12.1 Å². The molecule has 290 valence electrons. The molecule has 2 aromatic heterocycles. The minimum Gasteiger partial charge on any atom is -0.367 e. The molecule has 8 nitrogen and oxygen atoms in total. The van der Waals surface area contributed by atoms with E-state index in [1.165, 1.54) is 56.4 Å². The molecule has 3 aromatic carbocycles. The summed E-state index contributed by atoms with van der Waals surface area (Å²) in [5, 5.41) is 6.89. The average Bonchev–Trinajstić information content (AvgIpc) is 4.04. The number of aromatic amines is 2. The summed E-state index contributed by atoms with van der Waals surface area (Å²) in [4.78, 5) is 19.9. The van der Waals surface area contributed by atoms with Crippen LogP contribution in [0.5, 0.6) is 0 Å². The summed E-state index contributed by atoms with van der Waals surface area (Å²) < 4.78 is 65.5. The van der Waals surface area contributed by atoms with Crippen molar-refractivity contribution in [3.05, 3.63) is 82.4 Å². The largest absolute Gasteiger partial charge is 0.367 e. The lowest BCUT2D eigenvalue weighted by Gasteiger charge is -2.39. The number of hydrogen-bond donors (Lipinski definition) is 4. The molecule has 0 spiro atoms. The van der Waals surface area contributed by atoms with E-state index in [9.17, 15) is 0 Å². The van der Waals surface area contributed by atoms with Crippen LogP contribution in [0.1, 0.15) is 130 Å². The molecule has 0 bridgehead atoms. The summed E-state index contributed by atoms with van der Waals surface area (Å²) in [6.07, 6.45) is 13.2. The van der Waals surface area contributed by atoms with Gasteiger partial charge in [0.2, 0.25) is 0 Å². The Hall–Kier alpha value is -4.16. The molecule has 4 N–H and O–H groups in total. The topological polar surface area (TPSA) is 87.9 Å². The van der Waals surface area contributed by atoms with Crippen molar-refractivity contribution in [2.24, 2.45) is 11.8 Å². The van der Waals surface area contributed by atoms with Crippen LogP contribution in [-0.4, -0.2) is 46.1 Å². The molecule has 4 saturated heterocycles. The number of benzene rings is 3. The lowest BCUT2D eigenvalue weighted by Crippen LogP contribution is -2.37. The summed E-state index contributed by atoms with van der Waals surface area (Å²) in [7, 11) is 0. The second kappa shape index (κ2) is 14.4. The van der Waals surface area contributed by atoms with Gasteiger partial charge < -0.3 is 30.4 Å². The molecule has 0 radical (unpaired) electrons. The number of imidazole rings is 2. The van der Waals surface area contributed by atoms with Crippen molar-refractivity contribution in [3.8, 4) is 0 Å². The van der Waals surface area contributed by atoms with Gasteiger partial charge in [0.15, 0.2) is 11.6 Å². The molecule has 55 heavy (non-hydrogen) atoms. The highest BCUT2D eigenvalue weighted by Crippen LogP contribution is 2.50. The first-order valence-corrected chi connectivity index (χ1v) is 20.7. The number of aromatic nitrogens is 4. The summed E-state index contributed by atoms with van der Waals surface area (Å²) in [6, 6.07) is 8.15. The average molecular weight is 755 g/mol. The first-order chi connectivity index (χ1) is 26.9. The van der Waals surface area contributed by atoms with Gasteiger partial charge in [0.25, 0.3) is 0 Å². The zero-order valence-electron chi connectivity index (χ0n) is 31.2. The van der Waals surface area contributed by atoms with Crippen LogP contribution in [0.3, 0.4) is 0 Å². The molecule has 6 heterocycles. The maximum atomic E-state index is 16.4. The van der Waals surface area contributed by atoms with Gasteiger partial charge in [0.1, 0.15) is 29.0 Å². The lowest BCUT2D eigenvalue weighted by molar-refractivity contribution is 0.212. The summed E-state index contributed by atoms with van der Waals surface area (Å²) in [5.74, 6) is 0.683. The molecule has 10 rings (SSSR count). The Kier molecular flexibility index (Phi) is 9.24. The Morgan fingerprint density at radius 3 is 1.53 bits per heavy atom. The molecule has 1 saturated carbocycles. The fraction of sp³-hybridized carbons (Fsp3) is 0.535. The summed E-state index contributed by atoms with van der Waals surface area (Å²) in [5.41, 5.74) is 3.49. The van der Waals surface area contributed by atoms with Gasteiger partial charge in [0, 0.05) is 42.0 Å². The second-order valence-electron chi connectivity index (χ2n) is 16.8. The van der Waals surface area contributed by atoms with Crippen molar-refractivity contribution >= 4 is 33.4 Å². The number of anilines is 2.